The highest BCUT2D eigenvalue weighted by Gasteiger charge is 2.02. The molecule has 0 spiro atoms. The Hall–Kier alpha value is -3.95. The summed E-state index contributed by atoms with van der Waals surface area (Å²) in [7, 11) is 0. The van der Waals surface area contributed by atoms with Crippen LogP contribution >= 0.6 is 0 Å². The van der Waals surface area contributed by atoms with Crippen molar-refractivity contribution in [1.29, 1.82) is 15.8 Å². The molecule has 0 saturated carbocycles. The van der Waals surface area contributed by atoms with Crippen LogP contribution in [0.2, 0.25) is 0 Å². The van der Waals surface area contributed by atoms with Gasteiger partial charge in [0.25, 0.3) is 18.8 Å². The summed E-state index contributed by atoms with van der Waals surface area (Å²) in [6.45, 7) is 0. The summed E-state index contributed by atoms with van der Waals surface area (Å²) < 4.78 is 14.2. The first-order valence-electron chi connectivity index (χ1n) is 6.36. The van der Waals surface area contributed by atoms with E-state index in [-0.39, 0.29) is 11.5 Å². The van der Waals surface area contributed by atoms with E-state index in [0.29, 0.717) is 11.3 Å². The van der Waals surface area contributed by atoms with E-state index in [1.807, 2.05) is 6.08 Å². The minimum Gasteiger partial charge on any atom is -0.388 e. The van der Waals surface area contributed by atoms with Crippen molar-refractivity contribution in [3.8, 4) is 36.0 Å². The van der Waals surface area contributed by atoms with Gasteiger partial charge in [0.05, 0.1) is 0 Å². The molecule has 2 aromatic rings. The van der Waals surface area contributed by atoms with Gasteiger partial charge in [0.1, 0.15) is 17.2 Å². The molecule has 0 aromatic heterocycles. The largest absolute Gasteiger partial charge is 0.388 e. The van der Waals surface area contributed by atoms with Crippen molar-refractivity contribution in [2.24, 2.45) is 0 Å². The summed E-state index contributed by atoms with van der Waals surface area (Å²) in [4.78, 5) is 0. The third-order valence-electron chi connectivity index (χ3n) is 2.74. The Balaban J connectivity index is 2.22. The van der Waals surface area contributed by atoms with Crippen LogP contribution in [0.4, 0.5) is 0 Å². The fourth-order valence-corrected chi connectivity index (χ4v) is 1.81. The number of nitrogens with zero attached hydrogens (tertiary/aromatic N) is 3. The molecule has 0 amide bonds. The van der Waals surface area contributed by atoms with Crippen LogP contribution in [0.25, 0.3) is 12.2 Å². The van der Waals surface area contributed by atoms with Crippen LogP contribution in [0.15, 0.2) is 42.5 Å². The van der Waals surface area contributed by atoms with Gasteiger partial charge in [0.15, 0.2) is 0 Å². The maximum Gasteiger partial charge on any atom is 0.292 e. The maximum absolute atomic E-state index is 8.58. The lowest BCUT2D eigenvalue weighted by molar-refractivity contribution is 0.483. The number of nitriles is 3. The quantitative estimate of drug-likeness (QED) is 0.619. The summed E-state index contributed by atoms with van der Waals surface area (Å²) in [5.74, 6) is 1.01. The molecular formula is C17H9N3O3. The first kappa shape index (κ1) is 15.4. The Morgan fingerprint density at radius 3 is 1.61 bits per heavy atom. The normalized spacial score (nSPS) is 9.43. The highest BCUT2D eigenvalue weighted by atomic mass is 16.5. The predicted molar refractivity (Wildman–Crippen MR) is 80.5 cm³/mol. The number of ether oxygens (including phenoxy) is 3. The lowest BCUT2D eigenvalue weighted by Crippen LogP contribution is -1.87. The molecule has 0 N–H and O–H groups in total. The minimum absolute atomic E-state index is 0.276. The molecule has 0 fully saturated rings. The van der Waals surface area contributed by atoms with E-state index in [2.05, 4.69) is 0 Å². The van der Waals surface area contributed by atoms with Crippen LogP contribution in [0.1, 0.15) is 11.1 Å². The SMILES string of the molecule is N#COc1ccc(/C=C/c2cc(OC#N)cc(OC#N)c2)cc1. The van der Waals surface area contributed by atoms with E-state index in [9.17, 15) is 0 Å². The van der Waals surface area contributed by atoms with Gasteiger partial charge in [0, 0.05) is 6.07 Å². The Morgan fingerprint density at radius 1 is 0.609 bits per heavy atom. The van der Waals surface area contributed by atoms with Crippen molar-refractivity contribution in [1.82, 2.24) is 0 Å². The number of hydrogen-bond donors (Lipinski definition) is 0. The standard InChI is InChI=1S/C17H9N3O3/c18-10-21-15-5-3-13(4-6-15)1-2-14-7-16(22-11-19)9-17(8-14)23-12-20/h1-9H/b2-1+. The average molecular weight is 303 g/mol. The summed E-state index contributed by atoms with van der Waals surface area (Å²) in [5.41, 5.74) is 1.57. The molecular weight excluding hydrogens is 294 g/mol. The zero-order valence-electron chi connectivity index (χ0n) is 11.8. The molecule has 0 unspecified atom stereocenters. The second-order valence-electron chi connectivity index (χ2n) is 4.22. The first-order valence-corrected chi connectivity index (χ1v) is 6.36. The third-order valence-corrected chi connectivity index (χ3v) is 2.74. The monoisotopic (exact) mass is 303 g/mol. The fourth-order valence-electron chi connectivity index (χ4n) is 1.81. The van der Waals surface area contributed by atoms with Gasteiger partial charge in [-0.25, -0.2) is 0 Å². The number of rotatable bonds is 5. The van der Waals surface area contributed by atoms with E-state index >= 15 is 0 Å². The zero-order chi connectivity index (χ0) is 16.5. The molecule has 0 atom stereocenters. The lowest BCUT2D eigenvalue weighted by atomic mass is 10.1. The molecule has 0 aliphatic rings. The molecule has 6 heteroatoms. The van der Waals surface area contributed by atoms with E-state index in [1.165, 1.54) is 6.07 Å². The number of hydrogen-bond acceptors (Lipinski definition) is 6. The topological polar surface area (TPSA) is 99.1 Å². The van der Waals surface area contributed by atoms with Crippen molar-refractivity contribution in [3.63, 3.8) is 0 Å². The Bertz CT molecular complexity index is 803. The van der Waals surface area contributed by atoms with E-state index in [0.717, 1.165) is 5.56 Å². The molecule has 2 rings (SSSR count). The third kappa shape index (κ3) is 4.53. The highest BCUT2D eigenvalue weighted by Crippen LogP contribution is 2.24. The Kier molecular flexibility index (Phi) is 5.19. The lowest BCUT2D eigenvalue weighted by Gasteiger charge is -2.02. The van der Waals surface area contributed by atoms with Gasteiger partial charge in [-0.15, -0.1) is 15.8 Å². The summed E-state index contributed by atoms with van der Waals surface area (Å²) in [5, 5.41) is 25.6. The molecule has 0 heterocycles. The van der Waals surface area contributed by atoms with Crippen LogP contribution in [-0.4, -0.2) is 0 Å². The van der Waals surface area contributed by atoms with Crippen LogP contribution in [0.3, 0.4) is 0 Å². The molecule has 0 aliphatic heterocycles. The average Bonchev–Trinajstić information content (AvgIpc) is 2.55. The van der Waals surface area contributed by atoms with Gasteiger partial charge in [0.2, 0.25) is 0 Å². The van der Waals surface area contributed by atoms with Crippen LogP contribution in [-0.2, 0) is 0 Å². The van der Waals surface area contributed by atoms with Crippen LogP contribution < -0.4 is 14.2 Å². The maximum atomic E-state index is 8.58. The number of benzene rings is 2. The zero-order valence-corrected chi connectivity index (χ0v) is 11.8. The highest BCUT2D eigenvalue weighted by molar-refractivity contribution is 5.71. The summed E-state index contributed by atoms with van der Waals surface area (Å²) >= 11 is 0. The summed E-state index contributed by atoms with van der Waals surface area (Å²) in [6, 6.07) is 11.6. The Morgan fingerprint density at radius 2 is 1.09 bits per heavy atom. The molecule has 0 radical (unpaired) electrons. The summed E-state index contributed by atoms with van der Waals surface area (Å²) in [6.07, 6.45) is 8.33. The van der Waals surface area contributed by atoms with Gasteiger partial charge < -0.3 is 14.2 Å². The predicted octanol–water partition coefficient (Wildman–Crippen LogP) is 3.44. The second-order valence-corrected chi connectivity index (χ2v) is 4.22. The molecule has 0 saturated heterocycles. The van der Waals surface area contributed by atoms with Crippen LogP contribution in [0, 0.1) is 34.6 Å². The van der Waals surface area contributed by atoms with Crippen molar-refractivity contribution >= 4 is 12.2 Å². The van der Waals surface area contributed by atoms with Gasteiger partial charge >= 0.3 is 0 Å². The smallest absolute Gasteiger partial charge is 0.292 e. The molecule has 110 valence electrons. The fraction of sp³-hybridized carbons (Fsp3) is 0. The van der Waals surface area contributed by atoms with Gasteiger partial charge in [-0.2, -0.15) is 0 Å². The van der Waals surface area contributed by atoms with Gasteiger partial charge in [-0.3, -0.25) is 0 Å². The first-order chi connectivity index (χ1) is 11.2. The van der Waals surface area contributed by atoms with Gasteiger partial charge in [-0.1, -0.05) is 24.3 Å². The molecule has 0 aliphatic carbocycles. The van der Waals surface area contributed by atoms with Gasteiger partial charge in [-0.05, 0) is 35.4 Å². The van der Waals surface area contributed by atoms with Crippen molar-refractivity contribution < 1.29 is 14.2 Å². The molecule has 6 nitrogen and oxygen atoms in total. The molecule has 0 bridgehead atoms. The van der Waals surface area contributed by atoms with E-state index in [1.54, 1.807) is 61.2 Å². The Labute approximate surface area is 132 Å². The molecule has 23 heavy (non-hydrogen) atoms. The van der Waals surface area contributed by atoms with Crippen LogP contribution in [0.5, 0.6) is 17.2 Å². The second kappa shape index (κ2) is 7.73. The minimum atomic E-state index is 0.276. The van der Waals surface area contributed by atoms with Crippen molar-refractivity contribution in [2.45, 2.75) is 0 Å². The van der Waals surface area contributed by atoms with Crippen molar-refractivity contribution in [2.75, 3.05) is 0 Å². The van der Waals surface area contributed by atoms with Crippen molar-refractivity contribution in [3.05, 3.63) is 53.6 Å². The van der Waals surface area contributed by atoms with E-state index in [4.69, 9.17) is 30.0 Å². The molecule has 2 aromatic carbocycles. The van der Waals surface area contributed by atoms with E-state index < -0.39 is 0 Å².